The van der Waals surface area contributed by atoms with Gasteiger partial charge in [0.05, 0.1) is 17.3 Å². The minimum Gasteiger partial charge on any atom is -0.489 e. The molecule has 0 fully saturated rings. The van der Waals surface area contributed by atoms with Crippen LogP contribution in [0.1, 0.15) is 56.6 Å². The van der Waals surface area contributed by atoms with E-state index in [4.69, 9.17) is 4.74 Å². The first-order valence-corrected chi connectivity index (χ1v) is 13.3. The third-order valence-electron chi connectivity index (χ3n) is 7.90. The van der Waals surface area contributed by atoms with Gasteiger partial charge in [0.1, 0.15) is 12.4 Å². The molecule has 4 heteroatoms. The number of benzene rings is 4. The molecule has 1 aliphatic heterocycles. The highest BCUT2D eigenvalue weighted by Gasteiger charge is 2.40. The van der Waals surface area contributed by atoms with E-state index in [0.717, 1.165) is 40.2 Å². The van der Waals surface area contributed by atoms with Crippen molar-refractivity contribution in [1.29, 1.82) is 0 Å². The first-order chi connectivity index (χ1) is 18.6. The van der Waals surface area contributed by atoms with Crippen molar-refractivity contribution in [2.24, 2.45) is 5.92 Å². The Bertz CT molecular complexity index is 1510. The number of nitrogens with one attached hydrogen (secondary N) is 2. The molecule has 0 spiro atoms. The van der Waals surface area contributed by atoms with Gasteiger partial charge in [0.15, 0.2) is 0 Å². The molecule has 6 rings (SSSR count). The van der Waals surface area contributed by atoms with Crippen LogP contribution in [-0.2, 0) is 6.61 Å². The van der Waals surface area contributed by atoms with Crippen molar-refractivity contribution in [2.75, 3.05) is 10.6 Å². The smallest absolute Gasteiger partial charge is 0.257 e. The third-order valence-corrected chi connectivity index (χ3v) is 7.90. The maximum Gasteiger partial charge on any atom is 0.257 e. The Balaban J connectivity index is 1.33. The van der Waals surface area contributed by atoms with Crippen LogP contribution in [0.25, 0.3) is 0 Å². The molecule has 3 unspecified atom stereocenters. The van der Waals surface area contributed by atoms with Gasteiger partial charge in [-0.05, 0) is 72.7 Å². The molecule has 2 aliphatic rings. The van der Waals surface area contributed by atoms with Gasteiger partial charge in [0, 0.05) is 17.2 Å². The lowest BCUT2D eigenvalue weighted by molar-refractivity contribution is 0.102. The van der Waals surface area contributed by atoms with Crippen molar-refractivity contribution >= 4 is 17.3 Å². The van der Waals surface area contributed by atoms with Crippen LogP contribution >= 0.6 is 0 Å². The molecule has 0 bridgehead atoms. The van der Waals surface area contributed by atoms with Crippen molar-refractivity contribution in [2.45, 2.75) is 38.8 Å². The van der Waals surface area contributed by atoms with Crippen LogP contribution in [0.15, 0.2) is 103 Å². The molecule has 1 amide bonds. The zero-order valence-corrected chi connectivity index (χ0v) is 21.8. The Morgan fingerprint density at radius 3 is 2.53 bits per heavy atom. The first kappa shape index (κ1) is 24.1. The number of amides is 1. The van der Waals surface area contributed by atoms with Crippen molar-refractivity contribution in [3.63, 3.8) is 0 Å². The summed E-state index contributed by atoms with van der Waals surface area (Å²) in [6.07, 6.45) is 5.55. The predicted octanol–water partition coefficient (Wildman–Crippen LogP) is 7.96. The van der Waals surface area contributed by atoms with E-state index < -0.39 is 0 Å². The molecular weight excluding hydrogens is 468 g/mol. The minimum absolute atomic E-state index is 0.0186. The monoisotopic (exact) mass is 500 g/mol. The fourth-order valence-corrected chi connectivity index (χ4v) is 5.74. The summed E-state index contributed by atoms with van der Waals surface area (Å²) in [4.78, 5) is 13.6. The van der Waals surface area contributed by atoms with Gasteiger partial charge in [-0.25, -0.2) is 0 Å². The number of hydrogen-bond acceptors (Lipinski definition) is 3. The maximum absolute atomic E-state index is 13.6. The molecule has 4 nitrogen and oxygen atoms in total. The molecule has 0 saturated heterocycles. The van der Waals surface area contributed by atoms with Gasteiger partial charge in [-0.15, -0.1) is 0 Å². The Labute approximate surface area is 224 Å². The standard InChI is InChI=1S/C34H32N2O2/c1-22-18-19-25(20-23(22)2)35-34(37)30-16-9-15-28-26-13-8-14-27(26)32(36-33(28)30)29-12-6-7-17-31(29)38-21-24-10-4-3-5-11-24/h3-13,15-20,26-27,32,36H,14,21H2,1-2H3,(H,35,37). The number of anilines is 2. The zero-order valence-electron chi connectivity index (χ0n) is 21.8. The van der Waals surface area contributed by atoms with E-state index in [0.29, 0.717) is 18.1 Å². The van der Waals surface area contributed by atoms with Gasteiger partial charge in [-0.1, -0.05) is 78.9 Å². The van der Waals surface area contributed by atoms with Crippen molar-refractivity contribution < 1.29 is 9.53 Å². The van der Waals surface area contributed by atoms with E-state index in [1.165, 1.54) is 11.1 Å². The molecule has 3 atom stereocenters. The van der Waals surface area contributed by atoms with Crippen molar-refractivity contribution in [3.05, 3.63) is 137 Å². The normalized spacial score (nSPS) is 19.3. The van der Waals surface area contributed by atoms with E-state index in [1.807, 2.05) is 60.7 Å². The summed E-state index contributed by atoms with van der Waals surface area (Å²) in [6, 6.07) is 30.6. The number of para-hydroxylation sites is 2. The minimum atomic E-state index is -0.106. The summed E-state index contributed by atoms with van der Waals surface area (Å²) in [6.45, 7) is 4.65. The van der Waals surface area contributed by atoms with Crippen LogP contribution in [0.3, 0.4) is 0 Å². The second-order valence-corrected chi connectivity index (χ2v) is 10.3. The Hall–Kier alpha value is -4.31. The summed E-state index contributed by atoms with van der Waals surface area (Å²) in [5.41, 5.74) is 8.17. The maximum atomic E-state index is 13.6. The SMILES string of the molecule is Cc1ccc(NC(=O)c2cccc3c2NC(c2ccccc2OCc2ccccc2)C2CC=CC32)cc1C. The molecule has 1 aliphatic carbocycles. The highest BCUT2D eigenvalue weighted by Crippen LogP contribution is 2.52. The largest absolute Gasteiger partial charge is 0.489 e. The lowest BCUT2D eigenvalue weighted by Gasteiger charge is -2.38. The lowest BCUT2D eigenvalue weighted by atomic mass is 9.76. The van der Waals surface area contributed by atoms with Crippen molar-refractivity contribution in [1.82, 2.24) is 0 Å². The molecule has 1 heterocycles. The Kier molecular flexibility index (Phi) is 6.47. The van der Waals surface area contributed by atoms with E-state index in [1.54, 1.807) is 0 Å². The van der Waals surface area contributed by atoms with E-state index >= 15 is 0 Å². The highest BCUT2D eigenvalue weighted by atomic mass is 16.5. The number of carbonyl (C=O) groups is 1. The number of aryl methyl sites for hydroxylation is 2. The summed E-state index contributed by atoms with van der Waals surface area (Å²) < 4.78 is 6.35. The second-order valence-electron chi connectivity index (χ2n) is 10.3. The number of allylic oxidation sites excluding steroid dienone is 2. The molecule has 0 saturated carbocycles. The Morgan fingerprint density at radius 2 is 1.68 bits per heavy atom. The fourth-order valence-electron chi connectivity index (χ4n) is 5.74. The number of ether oxygens (including phenoxy) is 1. The second kappa shape index (κ2) is 10.2. The zero-order chi connectivity index (χ0) is 26.1. The van der Waals surface area contributed by atoms with Crippen LogP contribution in [-0.4, -0.2) is 5.91 Å². The van der Waals surface area contributed by atoms with Crippen LogP contribution in [0.5, 0.6) is 5.75 Å². The average Bonchev–Trinajstić information content (AvgIpc) is 3.44. The molecule has 190 valence electrons. The first-order valence-electron chi connectivity index (χ1n) is 13.3. The lowest BCUT2D eigenvalue weighted by Crippen LogP contribution is -2.31. The molecule has 2 N–H and O–H groups in total. The van der Waals surface area contributed by atoms with Gasteiger partial charge < -0.3 is 15.4 Å². The van der Waals surface area contributed by atoms with Gasteiger partial charge >= 0.3 is 0 Å². The molecule has 0 aromatic heterocycles. The van der Waals surface area contributed by atoms with Gasteiger partial charge in [-0.3, -0.25) is 4.79 Å². The summed E-state index contributed by atoms with van der Waals surface area (Å²) in [5, 5.41) is 6.92. The molecule has 38 heavy (non-hydrogen) atoms. The van der Waals surface area contributed by atoms with Crippen LogP contribution in [0.2, 0.25) is 0 Å². The molecular formula is C34H32N2O2. The number of rotatable bonds is 6. The summed E-state index contributed by atoms with van der Waals surface area (Å²) >= 11 is 0. The topological polar surface area (TPSA) is 50.4 Å². The molecule has 4 aromatic rings. The predicted molar refractivity (Wildman–Crippen MR) is 154 cm³/mol. The third kappa shape index (κ3) is 4.58. The van der Waals surface area contributed by atoms with E-state index in [9.17, 15) is 4.79 Å². The molecule has 0 radical (unpaired) electrons. The van der Waals surface area contributed by atoms with Crippen LogP contribution < -0.4 is 15.4 Å². The summed E-state index contributed by atoms with van der Waals surface area (Å²) in [7, 11) is 0. The molecule has 4 aromatic carbocycles. The van der Waals surface area contributed by atoms with Gasteiger partial charge in [0.2, 0.25) is 0 Å². The Morgan fingerprint density at radius 1 is 0.895 bits per heavy atom. The number of hydrogen-bond donors (Lipinski definition) is 2. The van der Waals surface area contributed by atoms with Gasteiger partial charge in [0.25, 0.3) is 5.91 Å². The average molecular weight is 501 g/mol. The van der Waals surface area contributed by atoms with Crippen molar-refractivity contribution in [3.8, 4) is 5.75 Å². The van der Waals surface area contributed by atoms with Crippen LogP contribution in [0.4, 0.5) is 11.4 Å². The summed E-state index contributed by atoms with van der Waals surface area (Å²) in [5.74, 6) is 1.36. The quantitative estimate of drug-likeness (QED) is 0.264. The van der Waals surface area contributed by atoms with E-state index in [2.05, 4.69) is 67.0 Å². The van der Waals surface area contributed by atoms with E-state index in [-0.39, 0.29) is 17.9 Å². The van der Waals surface area contributed by atoms with Gasteiger partial charge in [-0.2, -0.15) is 0 Å². The number of fused-ring (bicyclic) bond motifs is 3. The van der Waals surface area contributed by atoms with Crippen LogP contribution in [0, 0.1) is 19.8 Å². The highest BCUT2D eigenvalue weighted by molar-refractivity contribution is 6.08. The fraction of sp³-hybridized carbons (Fsp3) is 0.206. The number of carbonyl (C=O) groups excluding carboxylic acids is 1.